The maximum atomic E-state index is 5.56. The van der Waals surface area contributed by atoms with Gasteiger partial charge in [-0.05, 0) is 48.9 Å². The van der Waals surface area contributed by atoms with E-state index in [9.17, 15) is 0 Å². The van der Waals surface area contributed by atoms with Crippen LogP contribution in [0.15, 0.2) is 18.2 Å². The fraction of sp³-hybridized carbons (Fsp3) is 0.600. The van der Waals surface area contributed by atoms with E-state index in [4.69, 9.17) is 5.73 Å². The molecule has 0 aromatic heterocycles. The zero-order chi connectivity index (χ0) is 12.3. The van der Waals surface area contributed by atoms with Crippen LogP contribution >= 0.6 is 0 Å². The van der Waals surface area contributed by atoms with Crippen LogP contribution < -0.4 is 10.6 Å². The maximum Gasteiger partial charge on any atom is 0.0399 e. The molecular formula is C15H24N2. The molecule has 2 heteroatoms. The summed E-state index contributed by atoms with van der Waals surface area (Å²) in [6.07, 6.45) is 3.42. The van der Waals surface area contributed by atoms with Gasteiger partial charge in [0.1, 0.15) is 0 Å². The van der Waals surface area contributed by atoms with Crippen LogP contribution in [0.4, 0.5) is 5.69 Å². The number of benzene rings is 1. The molecule has 0 aliphatic carbocycles. The predicted molar refractivity (Wildman–Crippen MR) is 74.6 cm³/mol. The Morgan fingerprint density at radius 3 is 2.88 bits per heavy atom. The van der Waals surface area contributed by atoms with Crippen LogP contribution in [-0.4, -0.2) is 19.6 Å². The van der Waals surface area contributed by atoms with Crippen LogP contribution in [0.25, 0.3) is 0 Å². The minimum Gasteiger partial charge on any atom is -0.371 e. The van der Waals surface area contributed by atoms with E-state index in [1.54, 1.807) is 0 Å². The summed E-state index contributed by atoms with van der Waals surface area (Å²) in [5.41, 5.74) is 9.98. The molecule has 94 valence electrons. The Morgan fingerprint density at radius 2 is 2.18 bits per heavy atom. The predicted octanol–water partition coefficient (Wildman–Crippen LogP) is 2.60. The van der Waals surface area contributed by atoms with Gasteiger partial charge in [-0.2, -0.15) is 0 Å². The Hall–Kier alpha value is -1.02. The van der Waals surface area contributed by atoms with E-state index in [1.165, 1.54) is 36.3 Å². The van der Waals surface area contributed by atoms with Gasteiger partial charge in [0.2, 0.25) is 0 Å². The fourth-order valence-corrected chi connectivity index (χ4v) is 2.62. The first-order valence-electron chi connectivity index (χ1n) is 6.77. The van der Waals surface area contributed by atoms with Crippen molar-refractivity contribution < 1.29 is 0 Å². The molecule has 0 atom stereocenters. The molecule has 2 nitrogen and oxygen atoms in total. The van der Waals surface area contributed by atoms with E-state index in [1.807, 2.05) is 0 Å². The molecule has 0 fully saturated rings. The fourth-order valence-electron chi connectivity index (χ4n) is 2.62. The monoisotopic (exact) mass is 232 g/mol. The first-order valence-corrected chi connectivity index (χ1v) is 6.77. The van der Waals surface area contributed by atoms with Gasteiger partial charge < -0.3 is 10.6 Å². The smallest absolute Gasteiger partial charge is 0.0399 e. The summed E-state index contributed by atoms with van der Waals surface area (Å²) in [4.78, 5) is 2.52. The molecule has 1 aliphatic heterocycles. The van der Waals surface area contributed by atoms with E-state index in [-0.39, 0.29) is 0 Å². The molecule has 17 heavy (non-hydrogen) atoms. The van der Waals surface area contributed by atoms with E-state index in [0.717, 1.165) is 25.3 Å². The number of aryl methyl sites for hydroxylation is 1. The first kappa shape index (κ1) is 12.4. The van der Waals surface area contributed by atoms with Gasteiger partial charge in [0.05, 0.1) is 0 Å². The SMILES string of the molecule is CC(C)CN1CCc2cc(CCCN)ccc21. The Bertz CT molecular complexity index is 371. The molecular weight excluding hydrogens is 208 g/mol. The van der Waals surface area contributed by atoms with Gasteiger partial charge in [0.15, 0.2) is 0 Å². The van der Waals surface area contributed by atoms with Crippen molar-refractivity contribution in [2.45, 2.75) is 33.1 Å². The summed E-state index contributed by atoms with van der Waals surface area (Å²) in [6, 6.07) is 6.95. The van der Waals surface area contributed by atoms with Gasteiger partial charge in [-0.15, -0.1) is 0 Å². The largest absolute Gasteiger partial charge is 0.371 e. The third kappa shape index (κ3) is 3.01. The Labute approximate surface area is 105 Å². The Kier molecular flexibility index (Phi) is 4.06. The number of anilines is 1. The van der Waals surface area contributed by atoms with Crippen LogP contribution in [0.2, 0.25) is 0 Å². The van der Waals surface area contributed by atoms with Crippen LogP contribution in [0.5, 0.6) is 0 Å². The number of hydrogen-bond acceptors (Lipinski definition) is 2. The van der Waals surface area contributed by atoms with Crippen molar-refractivity contribution in [1.29, 1.82) is 0 Å². The molecule has 0 bridgehead atoms. The Morgan fingerprint density at radius 1 is 1.35 bits per heavy atom. The van der Waals surface area contributed by atoms with Gasteiger partial charge in [0.25, 0.3) is 0 Å². The summed E-state index contributed by atoms with van der Waals surface area (Å²) in [6.45, 7) is 7.72. The molecule has 1 heterocycles. The van der Waals surface area contributed by atoms with Crippen molar-refractivity contribution in [3.63, 3.8) is 0 Å². The number of rotatable bonds is 5. The van der Waals surface area contributed by atoms with Crippen LogP contribution in [0, 0.1) is 5.92 Å². The molecule has 2 rings (SSSR count). The summed E-state index contributed by atoms with van der Waals surface area (Å²) >= 11 is 0. The minimum atomic E-state index is 0.734. The Balaban J connectivity index is 2.08. The van der Waals surface area contributed by atoms with Crippen molar-refractivity contribution >= 4 is 5.69 Å². The third-order valence-electron chi connectivity index (χ3n) is 3.39. The van der Waals surface area contributed by atoms with Crippen molar-refractivity contribution in [2.24, 2.45) is 11.7 Å². The highest BCUT2D eigenvalue weighted by atomic mass is 15.1. The zero-order valence-electron chi connectivity index (χ0n) is 11.1. The van der Waals surface area contributed by atoms with E-state index in [0.29, 0.717) is 0 Å². The number of fused-ring (bicyclic) bond motifs is 1. The quantitative estimate of drug-likeness (QED) is 0.845. The lowest BCUT2D eigenvalue weighted by molar-refractivity contribution is 0.622. The second-order valence-corrected chi connectivity index (χ2v) is 5.45. The standard InChI is InChI=1S/C15H24N2/c1-12(2)11-17-9-7-14-10-13(4-3-8-16)5-6-15(14)17/h5-6,10,12H,3-4,7-9,11,16H2,1-2H3. The summed E-state index contributed by atoms with van der Waals surface area (Å²) < 4.78 is 0. The van der Waals surface area contributed by atoms with Gasteiger partial charge in [-0.1, -0.05) is 26.0 Å². The van der Waals surface area contributed by atoms with Gasteiger partial charge in [-0.3, -0.25) is 0 Å². The van der Waals surface area contributed by atoms with Crippen LogP contribution in [0.3, 0.4) is 0 Å². The third-order valence-corrected chi connectivity index (χ3v) is 3.39. The second kappa shape index (κ2) is 5.54. The molecule has 0 radical (unpaired) electrons. The van der Waals surface area contributed by atoms with Gasteiger partial charge in [-0.25, -0.2) is 0 Å². The maximum absolute atomic E-state index is 5.56. The van der Waals surface area contributed by atoms with Crippen molar-refractivity contribution in [3.8, 4) is 0 Å². The van der Waals surface area contributed by atoms with Gasteiger partial charge in [0, 0.05) is 18.8 Å². The lowest BCUT2D eigenvalue weighted by Gasteiger charge is -2.21. The zero-order valence-corrected chi connectivity index (χ0v) is 11.1. The van der Waals surface area contributed by atoms with E-state index < -0.39 is 0 Å². The average Bonchev–Trinajstić information content (AvgIpc) is 2.68. The summed E-state index contributed by atoms with van der Waals surface area (Å²) in [5, 5.41) is 0. The van der Waals surface area contributed by atoms with Crippen molar-refractivity contribution in [2.75, 3.05) is 24.5 Å². The average molecular weight is 232 g/mol. The highest BCUT2D eigenvalue weighted by Crippen LogP contribution is 2.29. The van der Waals surface area contributed by atoms with Crippen molar-refractivity contribution in [1.82, 2.24) is 0 Å². The summed E-state index contributed by atoms with van der Waals surface area (Å²) in [5.74, 6) is 0.734. The molecule has 0 spiro atoms. The highest BCUT2D eigenvalue weighted by Gasteiger charge is 2.19. The molecule has 2 N–H and O–H groups in total. The molecule has 1 aliphatic rings. The normalized spacial score (nSPS) is 14.5. The molecule has 1 aromatic carbocycles. The topological polar surface area (TPSA) is 29.3 Å². The minimum absolute atomic E-state index is 0.734. The number of nitrogens with zero attached hydrogens (tertiary/aromatic N) is 1. The first-order chi connectivity index (χ1) is 8.20. The van der Waals surface area contributed by atoms with E-state index >= 15 is 0 Å². The summed E-state index contributed by atoms with van der Waals surface area (Å²) in [7, 11) is 0. The highest BCUT2D eigenvalue weighted by molar-refractivity contribution is 5.59. The number of nitrogens with two attached hydrogens (primary N) is 1. The molecule has 0 unspecified atom stereocenters. The molecule has 0 saturated carbocycles. The molecule has 0 saturated heterocycles. The van der Waals surface area contributed by atoms with E-state index in [2.05, 4.69) is 36.9 Å². The van der Waals surface area contributed by atoms with Gasteiger partial charge >= 0.3 is 0 Å². The molecule has 0 amide bonds. The number of hydrogen-bond donors (Lipinski definition) is 1. The lowest BCUT2D eigenvalue weighted by atomic mass is 10.0. The molecule has 1 aromatic rings. The van der Waals surface area contributed by atoms with Crippen molar-refractivity contribution in [3.05, 3.63) is 29.3 Å². The van der Waals surface area contributed by atoms with Crippen LogP contribution in [0.1, 0.15) is 31.4 Å². The lowest BCUT2D eigenvalue weighted by Crippen LogP contribution is -2.25. The van der Waals surface area contributed by atoms with Crippen LogP contribution in [-0.2, 0) is 12.8 Å². The second-order valence-electron chi connectivity index (χ2n) is 5.45.